The molecule has 2 heteroatoms. The van der Waals surface area contributed by atoms with E-state index in [9.17, 15) is 0 Å². The fourth-order valence-corrected chi connectivity index (χ4v) is 3.44. The Balaban J connectivity index is 1.59. The standard InChI is InChI=1S/C18H28N2/c1-2-18-8-5-13-20(18)14-16-7-4-3-6-15(16)11-12-19-17-9-10-17/h3-4,6-7,17-19H,2,5,8-14H2,1H3. The summed E-state index contributed by atoms with van der Waals surface area (Å²) in [4.78, 5) is 2.69. The van der Waals surface area contributed by atoms with Crippen LogP contribution in [0.5, 0.6) is 0 Å². The number of rotatable bonds is 7. The molecule has 1 N–H and O–H groups in total. The van der Waals surface area contributed by atoms with Crippen LogP contribution in [0.15, 0.2) is 24.3 Å². The second kappa shape index (κ2) is 6.73. The fraction of sp³-hybridized carbons (Fsp3) is 0.667. The van der Waals surface area contributed by atoms with Gasteiger partial charge in [-0.1, -0.05) is 31.2 Å². The van der Waals surface area contributed by atoms with E-state index < -0.39 is 0 Å². The number of nitrogens with zero attached hydrogens (tertiary/aromatic N) is 1. The van der Waals surface area contributed by atoms with Crippen molar-refractivity contribution in [3.63, 3.8) is 0 Å². The maximum absolute atomic E-state index is 3.63. The molecular formula is C18H28N2. The van der Waals surface area contributed by atoms with Crippen molar-refractivity contribution in [3.8, 4) is 0 Å². The first kappa shape index (κ1) is 14.1. The van der Waals surface area contributed by atoms with E-state index in [0.29, 0.717) is 0 Å². The largest absolute Gasteiger partial charge is 0.314 e. The fourth-order valence-electron chi connectivity index (χ4n) is 3.44. The number of likely N-dealkylation sites (tertiary alicyclic amines) is 1. The van der Waals surface area contributed by atoms with Gasteiger partial charge in [-0.15, -0.1) is 0 Å². The second-order valence-corrected chi connectivity index (χ2v) is 6.42. The Morgan fingerprint density at radius 3 is 2.70 bits per heavy atom. The van der Waals surface area contributed by atoms with Crippen molar-refractivity contribution in [3.05, 3.63) is 35.4 Å². The zero-order valence-electron chi connectivity index (χ0n) is 12.8. The van der Waals surface area contributed by atoms with Crippen molar-refractivity contribution >= 4 is 0 Å². The molecule has 110 valence electrons. The van der Waals surface area contributed by atoms with Crippen molar-refractivity contribution < 1.29 is 0 Å². The Morgan fingerprint density at radius 2 is 1.95 bits per heavy atom. The summed E-state index contributed by atoms with van der Waals surface area (Å²) in [6.45, 7) is 5.90. The third kappa shape index (κ3) is 3.62. The Hall–Kier alpha value is -0.860. The van der Waals surface area contributed by atoms with E-state index in [1.54, 1.807) is 11.1 Å². The van der Waals surface area contributed by atoms with E-state index in [4.69, 9.17) is 0 Å². The number of nitrogens with one attached hydrogen (secondary N) is 1. The van der Waals surface area contributed by atoms with Gasteiger partial charge in [0.05, 0.1) is 0 Å². The summed E-state index contributed by atoms with van der Waals surface area (Å²) < 4.78 is 0. The summed E-state index contributed by atoms with van der Waals surface area (Å²) in [5.74, 6) is 0. The molecule has 2 fully saturated rings. The lowest BCUT2D eigenvalue weighted by Crippen LogP contribution is -2.29. The predicted octanol–water partition coefficient (Wildman–Crippen LogP) is 3.36. The SMILES string of the molecule is CCC1CCCN1Cc1ccccc1CCNC1CC1. The van der Waals surface area contributed by atoms with Gasteiger partial charge >= 0.3 is 0 Å². The first-order valence-corrected chi connectivity index (χ1v) is 8.41. The summed E-state index contributed by atoms with van der Waals surface area (Å²) >= 11 is 0. The Labute approximate surface area is 123 Å². The van der Waals surface area contributed by atoms with Crippen molar-refractivity contribution in [1.29, 1.82) is 0 Å². The number of hydrogen-bond donors (Lipinski definition) is 1. The van der Waals surface area contributed by atoms with E-state index in [2.05, 4.69) is 41.4 Å². The molecule has 0 spiro atoms. The molecule has 20 heavy (non-hydrogen) atoms. The van der Waals surface area contributed by atoms with E-state index in [0.717, 1.165) is 25.2 Å². The average molecular weight is 272 g/mol. The minimum absolute atomic E-state index is 0.813. The highest BCUT2D eigenvalue weighted by atomic mass is 15.2. The van der Waals surface area contributed by atoms with E-state index >= 15 is 0 Å². The molecule has 1 atom stereocenters. The number of benzene rings is 1. The number of hydrogen-bond acceptors (Lipinski definition) is 2. The maximum Gasteiger partial charge on any atom is 0.0239 e. The molecule has 1 aromatic rings. The monoisotopic (exact) mass is 272 g/mol. The van der Waals surface area contributed by atoms with Gasteiger partial charge in [-0.2, -0.15) is 0 Å². The Bertz CT molecular complexity index is 425. The maximum atomic E-state index is 3.63. The Morgan fingerprint density at radius 1 is 1.15 bits per heavy atom. The van der Waals surface area contributed by atoms with Gasteiger partial charge in [0.15, 0.2) is 0 Å². The highest BCUT2D eigenvalue weighted by Gasteiger charge is 2.23. The lowest BCUT2D eigenvalue weighted by atomic mass is 10.0. The van der Waals surface area contributed by atoms with Crippen LogP contribution < -0.4 is 5.32 Å². The van der Waals surface area contributed by atoms with Crippen LogP contribution in [0.2, 0.25) is 0 Å². The van der Waals surface area contributed by atoms with Gasteiger partial charge in [-0.05, 0) is 62.7 Å². The molecule has 2 aliphatic rings. The average Bonchev–Trinajstić information content (AvgIpc) is 3.19. The van der Waals surface area contributed by atoms with Crippen LogP contribution in [0, 0.1) is 0 Å². The van der Waals surface area contributed by atoms with Gasteiger partial charge in [0.2, 0.25) is 0 Å². The summed E-state index contributed by atoms with van der Waals surface area (Å²) in [6.07, 6.45) is 8.01. The third-order valence-electron chi connectivity index (χ3n) is 4.87. The van der Waals surface area contributed by atoms with Gasteiger partial charge in [-0.3, -0.25) is 4.90 Å². The molecule has 0 radical (unpaired) electrons. The van der Waals surface area contributed by atoms with Crippen LogP contribution in [0.25, 0.3) is 0 Å². The quantitative estimate of drug-likeness (QED) is 0.819. The van der Waals surface area contributed by atoms with Crippen LogP contribution >= 0.6 is 0 Å². The van der Waals surface area contributed by atoms with Crippen LogP contribution in [0.3, 0.4) is 0 Å². The van der Waals surface area contributed by atoms with E-state index in [1.807, 2.05) is 0 Å². The van der Waals surface area contributed by atoms with E-state index in [-0.39, 0.29) is 0 Å². The molecule has 1 saturated heterocycles. The van der Waals surface area contributed by atoms with Gasteiger partial charge in [0.25, 0.3) is 0 Å². The zero-order valence-corrected chi connectivity index (χ0v) is 12.8. The van der Waals surface area contributed by atoms with Gasteiger partial charge in [0, 0.05) is 18.6 Å². The van der Waals surface area contributed by atoms with Crippen LogP contribution in [0.4, 0.5) is 0 Å². The zero-order chi connectivity index (χ0) is 13.8. The minimum Gasteiger partial charge on any atom is -0.314 e. The van der Waals surface area contributed by atoms with Gasteiger partial charge in [0.1, 0.15) is 0 Å². The lowest BCUT2D eigenvalue weighted by Gasteiger charge is -2.24. The first-order chi connectivity index (χ1) is 9.86. The Kier molecular flexibility index (Phi) is 4.74. The van der Waals surface area contributed by atoms with Crippen LogP contribution in [0.1, 0.15) is 50.2 Å². The summed E-state index contributed by atoms with van der Waals surface area (Å²) in [7, 11) is 0. The molecule has 2 nitrogen and oxygen atoms in total. The summed E-state index contributed by atoms with van der Waals surface area (Å²) in [6, 6.07) is 10.7. The lowest BCUT2D eigenvalue weighted by molar-refractivity contribution is 0.239. The molecule has 0 aromatic heterocycles. The third-order valence-corrected chi connectivity index (χ3v) is 4.87. The summed E-state index contributed by atoms with van der Waals surface area (Å²) in [5, 5.41) is 3.63. The summed E-state index contributed by atoms with van der Waals surface area (Å²) in [5.41, 5.74) is 3.09. The van der Waals surface area contributed by atoms with Crippen molar-refractivity contribution in [2.45, 2.75) is 64.1 Å². The van der Waals surface area contributed by atoms with Gasteiger partial charge < -0.3 is 5.32 Å². The molecule has 3 rings (SSSR count). The molecular weight excluding hydrogens is 244 g/mol. The van der Waals surface area contributed by atoms with Crippen molar-refractivity contribution in [2.75, 3.05) is 13.1 Å². The molecule has 1 heterocycles. The smallest absolute Gasteiger partial charge is 0.0239 e. The molecule has 1 aliphatic heterocycles. The normalized spacial score (nSPS) is 23.4. The predicted molar refractivity (Wildman–Crippen MR) is 84.9 cm³/mol. The van der Waals surface area contributed by atoms with Gasteiger partial charge in [-0.25, -0.2) is 0 Å². The van der Waals surface area contributed by atoms with Crippen LogP contribution in [-0.4, -0.2) is 30.1 Å². The van der Waals surface area contributed by atoms with Crippen molar-refractivity contribution in [2.24, 2.45) is 0 Å². The van der Waals surface area contributed by atoms with Crippen molar-refractivity contribution in [1.82, 2.24) is 10.2 Å². The van der Waals surface area contributed by atoms with E-state index in [1.165, 1.54) is 45.1 Å². The molecule has 1 unspecified atom stereocenters. The highest BCUT2D eigenvalue weighted by molar-refractivity contribution is 5.27. The molecule has 0 amide bonds. The topological polar surface area (TPSA) is 15.3 Å². The molecule has 1 saturated carbocycles. The minimum atomic E-state index is 0.813. The first-order valence-electron chi connectivity index (χ1n) is 8.41. The molecule has 1 aromatic carbocycles. The molecule has 0 bridgehead atoms. The highest BCUT2D eigenvalue weighted by Crippen LogP contribution is 2.24. The second-order valence-electron chi connectivity index (χ2n) is 6.42. The van der Waals surface area contributed by atoms with Crippen LogP contribution in [-0.2, 0) is 13.0 Å². The molecule has 1 aliphatic carbocycles.